The van der Waals surface area contributed by atoms with Crippen LogP contribution in [0, 0.1) is 5.92 Å². The molecule has 1 saturated heterocycles. The normalized spacial score (nSPS) is 31.6. The third-order valence-corrected chi connectivity index (χ3v) is 2.00. The Balaban J connectivity index is 2.38. The average Bonchev–Trinajstić information content (AvgIpc) is 1.88. The first-order valence-corrected chi connectivity index (χ1v) is 3.73. The van der Waals surface area contributed by atoms with E-state index in [1.165, 1.54) is 0 Å². The summed E-state index contributed by atoms with van der Waals surface area (Å²) in [5.41, 5.74) is -0.000486. The minimum Gasteiger partial charge on any atom is -0.375 e. The van der Waals surface area contributed by atoms with Crippen LogP contribution in [0.5, 0.6) is 0 Å². The Morgan fingerprint density at radius 1 is 1.60 bits per heavy atom. The molecule has 10 heavy (non-hydrogen) atoms. The van der Waals surface area contributed by atoms with Crippen molar-refractivity contribution in [1.82, 2.24) is 0 Å². The van der Waals surface area contributed by atoms with Crippen LogP contribution in [0.25, 0.3) is 0 Å². The Kier molecular flexibility index (Phi) is 2.09. The summed E-state index contributed by atoms with van der Waals surface area (Å²) in [6.07, 6.45) is 2.97. The highest BCUT2D eigenvalue weighted by Gasteiger charge is 2.26. The van der Waals surface area contributed by atoms with Crippen molar-refractivity contribution in [1.29, 1.82) is 0 Å². The Morgan fingerprint density at radius 3 is 2.70 bits per heavy atom. The van der Waals surface area contributed by atoms with Gasteiger partial charge >= 0.3 is 0 Å². The van der Waals surface area contributed by atoms with Gasteiger partial charge < -0.3 is 9.53 Å². The number of hydrogen-bond acceptors (Lipinski definition) is 2. The lowest BCUT2D eigenvalue weighted by Gasteiger charge is -2.32. The molecule has 0 saturated carbocycles. The Hall–Kier alpha value is -0.370. The van der Waals surface area contributed by atoms with Crippen LogP contribution in [0.3, 0.4) is 0 Å². The third-order valence-electron chi connectivity index (χ3n) is 2.00. The largest absolute Gasteiger partial charge is 0.375 e. The Labute approximate surface area is 61.6 Å². The van der Waals surface area contributed by atoms with Crippen LogP contribution in [0.4, 0.5) is 0 Å². The molecule has 58 valence electrons. The second-order valence-electron chi connectivity index (χ2n) is 3.51. The van der Waals surface area contributed by atoms with E-state index in [1.54, 1.807) is 0 Å². The number of rotatable bonds is 1. The lowest BCUT2D eigenvalue weighted by molar-refractivity contribution is -0.122. The molecule has 0 bridgehead atoms. The number of hydrogen-bond donors (Lipinski definition) is 0. The minimum absolute atomic E-state index is 0.000486. The summed E-state index contributed by atoms with van der Waals surface area (Å²) in [5, 5.41) is 0. The van der Waals surface area contributed by atoms with E-state index in [4.69, 9.17) is 4.74 Å². The highest BCUT2D eigenvalue weighted by Crippen LogP contribution is 2.25. The topological polar surface area (TPSA) is 26.3 Å². The molecule has 1 aliphatic heterocycles. The number of aldehydes is 1. The second-order valence-corrected chi connectivity index (χ2v) is 3.51. The molecule has 1 fully saturated rings. The fourth-order valence-corrected chi connectivity index (χ4v) is 1.13. The van der Waals surface area contributed by atoms with Gasteiger partial charge in [-0.2, -0.15) is 0 Å². The average molecular weight is 142 g/mol. The van der Waals surface area contributed by atoms with Crippen molar-refractivity contribution in [3.8, 4) is 0 Å². The first-order chi connectivity index (χ1) is 4.64. The van der Waals surface area contributed by atoms with Gasteiger partial charge in [-0.1, -0.05) is 0 Å². The molecule has 1 atom stereocenters. The van der Waals surface area contributed by atoms with Gasteiger partial charge in [-0.3, -0.25) is 0 Å². The molecular formula is C8H14O2. The molecular weight excluding hydrogens is 128 g/mol. The van der Waals surface area contributed by atoms with Gasteiger partial charge in [0.05, 0.1) is 12.2 Å². The van der Waals surface area contributed by atoms with Crippen LogP contribution in [0.15, 0.2) is 0 Å². The summed E-state index contributed by atoms with van der Waals surface area (Å²) in [5.74, 6) is 0.146. The lowest BCUT2D eigenvalue weighted by atomic mass is 9.92. The molecule has 0 N–H and O–H groups in total. The van der Waals surface area contributed by atoms with Crippen molar-refractivity contribution in [2.45, 2.75) is 32.3 Å². The molecule has 0 aliphatic carbocycles. The molecule has 0 aromatic rings. The van der Waals surface area contributed by atoms with Crippen molar-refractivity contribution in [3.63, 3.8) is 0 Å². The van der Waals surface area contributed by atoms with Gasteiger partial charge in [-0.25, -0.2) is 0 Å². The van der Waals surface area contributed by atoms with E-state index < -0.39 is 0 Å². The monoisotopic (exact) mass is 142 g/mol. The predicted molar refractivity (Wildman–Crippen MR) is 38.8 cm³/mol. The van der Waals surface area contributed by atoms with Gasteiger partial charge in [-0.15, -0.1) is 0 Å². The van der Waals surface area contributed by atoms with E-state index in [-0.39, 0.29) is 11.5 Å². The standard InChI is InChI=1S/C8H14O2/c1-8(2)4-3-7(5-9)6-10-8/h5,7H,3-4,6H2,1-2H3. The van der Waals surface area contributed by atoms with Crippen molar-refractivity contribution >= 4 is 6.29 Å². The minimum atomic E-state index is -0.000486. The van der Waals surface area contributed by atoms with Crippen LogP contribution in [-0.4, -0.2) is 18.5 Å². The number of carbonyl (C=O) groups is 1. The van der Waals surface area contributed by atoms with E-state index in [2.05, 4.69) is 13.8 Å². The molecule has 0 spiro atoms. The molecule has 1 heterocycles. The van der Waals surface area contributed by atoms with Gasteiger partial charge in [0.1, 0.15) is 6.29 Å². The highest BCUT2D eigenvalue weighted by atomic mass is 16.5. The van der Waals surface area contributed by atoms with Gasteiger partial charge in [0, 0.05) is 5.92 Å². The summed E-state index contributed by atoms with van der Waals surface area (Å²) in [6, 6.07) is 0. The first-order valence-electron chi connectivity index (χ1n) is 3.73. The van der Waals surface area contributed by atoms with Crippen molar-refractivity contribution < 1.29 is 9.53 Å². The molecule has 2 heteroatoms. The molecule has 1 unspecified atom stereocenters. The zero-order valence-corrected chi connectivity index (χ0v) is 6.59. The first kappa shape index (κ1) is 7.73. The molecule has 2 nitrogen and oxygen atoms in total. The zero-order valence-electron chi connectivity index (χ0n) is 6.59. The van der Waals surface area contributed by atoms with Crippen LogP contribution in [-0.2, 0) is 9.53 Å². The van der Waals surface area contributed by atoms with E-state index in [1.807, 2.05) is 0 Å². The molecule has 1 rings (SSSR count). The Bertz CT molecular complexity index is 119. The molecule has 1 aliphatic rings. The summed E-state index contributed by atoms with van der Waals surface area (Å²) in [7, 11) is 0. The van der Waals surface area contributed by atoms with Crippen molar-refractivity contribution in [2.24, 2.45) is 5.92 Å². The van der Waals surface area contributed by atoms with Crippen LogP contribution < -0.4 is 0 Å². The van der Waals surface area contributed by atoms with Gasteiger partial charge in [0.25, 0.3) is 0 Å². The van der Waals surface area contributed by atoms with Gasteiger partial charge in [0.15, 0.2) is 0 Å². The van der Waals surface area contributed by atoms with E-state index in [0.29, 0.717) is 6.61 Å². The maximum absolute atomic E-state index is 10.3. The van der Waals surface area contributed by atoms with E-state index in [9.17, 15) is 4.79 Å². The predicted octanol–water partition coefficient (Wildman–Crippen LogP) is 1.39. The highest BCUT2D eigenvalue weighted by molar-refractivity contribution is 5.53. The van der Waals surface area contributed by atoms with Crippen LogP contribution in [0.2, 0.25) is 0 Å². The molecule has 0 aromatic carbocycles. The second kappa shape index (κ2) is 2.70. The third kappa shape index (κ3) is 1.81. The summed E-state index contributed by atoms with van der Waals surface area (Å²) in [4.78, 5) is 10.3. The Morgan fingerprint density at radius 2 is 2.30 bits per heavy atom. The molecule has 0 amide bonds. The molecule has 0 aromatic heterocycles. The fourth-order valence-electron chi connectivity index (χ4n) is 1.13. The lowest BCUT2D eigenvalue weighted by Crippen LogP contribution is -2.34. The number of carbonyl (C=O) groups excluding carboxylic acids is 1. The summed E-state index contributed by atoms with van der Waals surface area (Å²) >= 11 is 0. The quantitative estimate of drug-likeness (QED) is 0.517. The summed E-state index contributed by atoms with van der Waals surface area (Å²) in [6.45, 7) is 4.73. The van der Waals surface area contributed by atoms with E-state index in [0.717, 1.165) is 19.1 Å². The SMILES string of the molecule is CC1(C)CCC(C=O)CO1. The van der Waals surface area contributed by atoms with Gasteiger partial charge in [0.2, 0.25) is 0 Å². The zero-order chi connectivity index (χ0) is 7.61. The van der Waals surface area contributed by atoms with Crippen LogP contribution >= 0.6 is 0 Å². The fraction of sp³-hybridized carbons (Fsp3) is 0.875. The van der Waals surface area contributed by atoms with Crippen LogP contribution in [0.1, 0.15) is 26.7 Å². The van der Waals surface area contributed by atoms with Gasteiger partial charge in [-0.05, 0) is 26.7 Å². The molecule has 0 radical (unpaired) electrons. The summed E-state index contributed by atoms with van der Waals surface area (Å²) < 4.78 is 5.44. The van der Waals surface area contributed by atoms with Crippen molar-refractivity contribution in [2.75, 3.05) is 6.61 Å². The number of ether oxygens (including phenoxy) is 1. The van der Waals surface area contributed by atoms with Crippen molar-refractivity contribution in [3.05, 3.63) is 0 Å². The maximum atomic E-state index is 10.3. The smallest absolute Gasteiger partial charge is 0.125 e. The van der Waals surface area contributed by atoms with E-state index >= 15 is 0 Å². The maximum Gasteiger partial charge on any atom is 0.125 e.